The maximum Gasteiger partial charge on any atom is 0.0139 e. The highest BCUT2D eigenvalue weighted by molar-refractivity contribution is 5.17. The van der Waals surface area contributed by atoms with Crippen molar-refractivity contribution in [3.8, 4) is 0 Å². The van der Waals surface area contributed by atoms with Crippen LogP contribution in [0.15, 0.2) is 11.6 Å². The van der Waals surface area contributed by atoms with Crippen LogP contribution in [0.5, 0.6) is 0 Å². The van der Waals surface area contributed by atoms with Crippen molar-refractivity contribution in [2.75, 3.05) is 6.54 Å². The Morgan fingerprint density at radius 2 is 2.71 bits per heavy atom. The van der Waals surface area contributed by atoms with Crippen molar-refractivity contribution in [2.45, 2.75) is 13.3 Å². The summed E-state index contributed by atoms with van der Waals surface area (Å²) in [5.74, 6) is 0.782. The molecule has 1 heteroatoms. The Kier molecular flexibility index (Phi) is 1.15. The van der Waals surface area contributed by atoms with Gasteiger partial charge in [0.25, 0.3) is 0 Å². The number of allylic oxidation sites excluding steroid dienone is 1. The van der Waals surface area contributed by atoms with Crippen molar-refractivity contribution in [1.29, 1.82) is 0 Å². The van der Waals surface area contributed by atoms with E-state index >= 15 is 0 Å². The normalized spacial score (nSPS) is 28.9. The van der Waals surface area contributed by atoms with E-state index in [9.17, 15) is 0 Å². The van der Waals surface area contributed by atoms with Crippen LogP contribution in [-0.2, 0) is 0 Å². The second-order valence-electron chi connectivity index (χ2n) is 2.12. The van der Waals surface area contributed by atoms with E-state index in [2.05, 4.69) is 13.0 Å². The van der Waals surface area contributed by atoms with E-state index in [1.54, 1.807) is 0 Å². The van der Waals surface area contributed by atoms with Crippen molar-refractivity contribution in [1.82, 2.24) is 0 Å². The summed E-state index contributed by atoms with van der Waals surface area (Å²) >= 11 is 0. The van der Waals surface area contributed by atoms with E-state index in [0.29, 0.717) is 0 Å². The molecule has 0 saturated heterocycles. The monoisotopic (exact) mass is 97.1 g/mol. The first-order valence-electron chi connectivity index (χ1n) is 2.73. The molecule has 0 spiro atoms. The SMILES string of the molecule is CC1CC=C1CN. The number of nitrogens with two attached hydrogens (primary N) is 1. The first-order valence-corrected chi connectivity index (χ1v) is 2.73. The molecule has 0 aromatic carbocycles. The zero-order valence-electron chi connectivity index (χ0n) is 4.65. The molecule has 0 bridgehead atoms. The van der Waals surface area contributed by atoms with Crippen molar-refractivity contribution in [2.24, 2.45) is 11.7 Å². The van der Waals surface area contributed by atoms with E-state index in [1.165, 1.54) is 12.0 Å². The number of rotatable bonds is 1. The molecule has 0 aromatic rings. The smallest absolute Gasteiger partial charge is 0.0139 e. The van der Waals surface area contributed by atoms with Crippen LogP contribution in [-0.4, -0.2) is 6.54 Å². The Bertz CT molecular complexity index is 94.4. The molecule has 1 atom stereocenters. The van der Waals surface area contributed by atoms with Gasteiger partial charge in [-0.15, -0.1) is 0 Å². The summed E-state index contributed by atoms with van der Waals surface area (Å²) in [6.07, 6.45) is 3.46. The second-order valence-corrected chi connectivity index (χ2v) is 2.12. The Morgan fingerprint density at radius 1 is 2.00 bits per heavy atom. The Hall–Kier alpha value is -0.300. The zero-order chi connectivity index (χ0) is 5.28. The highest BCUT2D eigenvalue weighted by Crippen LogP contribution is 2.24. The van der Waals surface area contributed by atoms with Crippen LogP contribution >= 0.6 is 0 Å². The molecule has 7 heavy (non-hydrogen) atoms. The number of hydrogen-bond acceptors (Lipinski definition) is 1. The minimum atomic E-state index is 0.765. The fourth-order valence-corrected chi connectivity index (χ4v) is 0.805. The van der Waals surface area contributed by atoms with Crippen LogP contribution in [0.3, 0.4) is 0 Å². The molecule has 1 nitrogen and oxygen atoms in total. The van der Waals surface area contributed by atoms with Gasteiger partial charge in [-0.25, -0.2) is 0 Å². The van der Waals surface area contributed by atoms with Gasteiger partial charge in [0, 0.05) is 6.54 Å². The summed E-state index contributed by atoms with van der Waals surface area (Å²) in [6.45, 7) is 2.98. The van der Waals surface area contributed by atoms with Gasteiger partial charge >= 0.3 is 0 Å². The van der Waals surface area contributed by atoms with Crippen LogP contribution in [0, 0.1) is 5.92 Å². The Balaban J connectivity index is 2.41. The van der Waals surface area contributed by atoms with E-state index in [4.69, 9.17) is 5.73 Å². The quantitative estimate of drug-likeness (QED) is 0.483. The van der Waals surface area contributed by atoms with Crippen LogP contribution in [0.4, 0.5) is 0 Å². The fourth-order valence-electron chi connectivity index (χ4n) is 0.805. The lowest BCUT2D eigenvalue weighted by Gasteiger charge is -2.21. The largest absolute Gasteiger partial charge is 0.327 e. The maximum atomic E-state index is 5.36. The van der Waals surface area contributed by atoms with Gasteiger partial charge < -0.3 is 5.73 Å². The molecule has 0 amide bonds. The molecular formula is C6H11N. The maximum absolute atomic E-state index is 5.36. The Morgan fingerprint density at radius 3 is 2.71 bits per heavy atom. The minimum Gasteiger partial charge on any atom is -0.327 e. The second kappa shape index (κ2) is 1.66. The van der Waals surface area contributed by atoms with Gasteiger partial charge in [0.1, 0.15) is 0 Å². The summed E-state index contributed by atoms with van der Waals surface area (Å²) < 4.78 is 0. The molecule has 0 fully saturated rings. The number of hydrogen-bond donors (Lipinski definition) is 1. The van der Waals surface area contributed by atoms with Gasteiger partial charge in [0.15, 0.2) is 0 Å². The lowest BCUT2D eigenvalue weighted by Crippen LogP contribution is -2.16. The van der Waals surface area contributed by atoms with Crippen molar-refractivity contribution >= 4 is 0 Å². The summed E-state index contributed by atoms with van der Waals surface area (Å²) in [6, 6.07) is 0. The van der Waals surface area contributed by atoms with Crippen LogP contribution in [0.1, 0.15) is 13.3 Å². The molecule has 40 valence electrons. The minimum absolute atomic E-state index is 0.765. The van der Waals surface area contributed by atoms with Gasteiger partial charge in [-0.1, -0.05) is 18.6 Å². The van der Waals surface area contributed by atoms with E-state index in [-0.39, 0.29) is 0 Å². The first-order chi connectivity index (χ1) is 3.34. The van der Waals surface area contributed by atoms with E-state index in [1.807, 2.05) is 0 Å². The van der Waals surface area contributed by atoms with Gasteiger partial charge in [0.05, 0.1) is 0 Å². The molecule has 2 N–H and O–H groups in total. The third-order valence-electron chi connectivity index (χ3n) is 1.60. The zero-order valence-corrected chi connectivity index (χ0v) is 4.65. The van der Waals surface area contributed by atoms with Gasteiger partial charge in [-0.05, 0) is 12.3 Å². The van der Waals surface area contributed by atoms with Crippen LogP contribution in [0.25, 0.3) is 0 Å². The molecule has 1 rings (SSSR count). The molecule has 1 aliphatic rings. The highest BCUT2D eigenvalue weighted by Gasteiger charge is 2.12. The Labute approximate surface area is 44.2 Å². The summed E-state index contributed by atoms with van der Waals surface area (Å²) in [5.41, 5.74) is 6.79. The van der Waals surface area contributed by atoms with E-state index in [0.717, 1.165) is 12.5 Å². The average Bonchev–Trinajstić information content (AvgIpc) is 1.65. The predicted octanol–water partition coefficient (Wildman–Crippen LogP) is 0.911. The van der Waals surface area contributed by atoms with Crippen molar-refractivity contribution in [3.63, 3.8) is 0 Å². The van der Waals surface area contributed by atoms with Gasteiger partial charge in [-0.2, -0.15) is 0 Å². The standard InChI is InChI=1S/C6H11N/c1-5-2-3-6(5)4-7/h3,5H,2,4,7H2,1H3. The molecule has 0 saturated carbocycles. The molecule has 0 aliphatic heterocycles. The van der Waals surface area contributed by atoms with Gasteiger partial charge in [-0.3, -0.25) is 0 Å². The van der Waals surface area contributed by atoms with Gasteiger partial charge in [0.2, 0.25) is 0 Å². The first kappa shape index (κ1) is 4.85. The molecule has 1 unspecified atom stereocenters. The van der Waals surface area contributed by atoms with Crippen molar-refractivity contribution < 1.29 is 0 Å². The van der Waals surface area contributed by atoms with Crippen LogP contribution < -0.4 is 5.73 Å². The third-order valence-corrected chi connectivity index (χ3v) is 1.60. The molecule has 1 aliphatic carbocycles. The molecule has 0 aromatic heterocycles. The lowest BCUT2D eigenvalue weighted by molar-refractivity contribution is 0.608. The summed E-state index contributed by atoms with van der Waals surface area (Å²) in [5, 5.41) is 0. The van der Waals surface area contributed by atoms with Crippen molar-refractivity contribution in [3.05, 3.63) is 11.6 Å². The summed E-state index contributed by atoms with van der Waals surface area (Å²) in [4.78, 5) is 0. The summed E-state index contributed by atoms with van der Waals surface area (Å²) in [7, 11) is 0. The topological polar surface area (TPSA) is 26.0 Å². The van der Waals surface area contributed by atoms with Crippen LogP contribution in [0.2, 0.25) is 0 Å². The lowest BCUT2D eigenvalue weighted by atomic mass is 9.87. The molecule has 0 radical (unpaired) electrons. The molecular weight excluding hydrogens is 86.1 g/mol. The third kappa shape index (κ3) is 0.682. The average molecular weight is 97.2 g/mol. The molecule has 0 heterocycles. The predicted molar refractivity (Wildman–Crippen MR) is 30.9 cm³/mol. The highest BCUT2D eigenvalue weighted by atomic mass is 14.5. The fraction of sp³-hybridized carbons (Fsp3) is 0.667. The van der Waals surface area contributed by atoms with E-state index < -0.39 is 0 Å².